The van der Waals surface area contributed by atoms with Crippen molar-refractivity contribution < 1.29 is 4.39 Å². The summed E-state index contributed by atoms with van der Waals surface area (Å²) in [5, 5.41) is 3.26. The van der Waals surface area contributed by atoms with Gasteiger partial charge in [0.05, 0.1) is 0 Å². The van der Waals surface area contributed by atoms with Gasteiger partial charge in [-0.15, -0.1) is 0 Å². The summed E-state index contributed by atoms with van der Waals surface area (Å²) in [7, 11) is 0. The highest BCUT2D eigenvalue weighted by atomic mass is 19.1. The van der Waals surface area contributed by atoms with Crippen LogP contribution in [0, 0.1) is 5.82 Å². The first-order chi connectivity index (χ1) is 10.1. The van der Waals surface area contributed by atoms with Gasteiger partial charge in [0.2, 0.25) is 0 Å². The molecule has 0 aliphatic heterocycles. The molecule has 3 nitrogen and oxygen atoms in total. The van der Waals surface area contributed by atoms with E-state index in [0.717, 1.165) is 36.3 Å². The fraction of sp³-hybridized carbons (Fsp3) is 0.471. The normalized spacial score (nSPS) is 11.3. The molecule has 0 aliphatic rings. The van der Waals surface area contributed by atoms with Crippen LogP contribution in [0.5, 0.6) is 0 Å². The van der Waals surface area contributed by atoms with E-state index in [1.165, 1.54) is 0 Å². The van der Waals surface area contributed by atoms with Crippen molar-refractivity contribution in [2.45, 2.75) is 52.7 Å². The molecule has 0 saturated carbocycles. The first-order valence-corrected chi connectivity index (χ1v) is 7.60. The monoisotopic (exact) mass is 289 g/mol. The maximum Gasteiger partial charge on any atom is 0.127 e. The highest BCUT2D eigenvalue weighted by Crippen LogP contribution is 2.14. The quantitative estimate of drug-likeness (QED) is 0.845. The predicted molar refractivity (Wildman–Crippen MR) is 83.7 cm³/mol. The van der Waals surface area contributed by atoms with Crippen LogP contribution in [0.2, 0.25) is 0 Å². The van der Waals surface area contributed by atoms with E-state index >= 15 is 0 Å². The molecule has 4 heteroatoms. The van der Waals surface area contributed by atoms with Crippen LogP contribution in [0.1, 0.15) is 44.1 Å². The van der Waals surface area contributed by atoms with Crippen LogP contribution in [0.4, 0.5) is 4.39 Å². The van der Waals surface area contributed by atoms with Gasteiger partial charge in [-0.1, -0.05) is 32.9 Å². The van der Waals surface area contributed by atoms with Crippen LogP contribution in [-0.2, 0) is 19.5 Å². The van der Waals surface area contributed by atoms with Gasteiger partial charge in [-0.2, -0.15) is 0 Å². The van der Waals surface area contributed by atoms with Gasteiger partial charge in [-0.05, 0) is 18.1 Å². The van der Waals surface area contributed by atoms with Crippen molar-refractivity contribution >= 4 is 0 Å². The molecule has 0 unspecified atom stereocenters. The molecule has 0 spiro atoms. The van der Waals surface area contributed by atoms with E-state index in [-0.39, 0.29) is 5.82 Å². The second-order valence-corrected chi connectivity index (χ2v) is 5.68. The maximum atomic E-state index is 13.8. The minimum atomic E-state index is -0.149. The van der Waals surface area contributed by atoms with Crippen molar-refractivity contribution in [3.63, 3.8) is 0 Å². The third-order valence-corrected chi connectivity index (χ3v) is 3.44. The molecule has 0 amide bonds. The smallest absolute Gasteiger partial charge is 0.127 e. The molecule has 1 aromatic heterocycles. The van der Waals surface area contributed by atoms with Gasteiger partial charge >= 0.3 is 0 Å². The fourth-order valence-electron chi connectivity index (χ4n) is 2.32. The molecule has 0 bridgehead atoms. The first-order valence-electron chi connectivity index (χ1n) is 7.60. The van der Waals surface area contributed by atoms with Crippen molar-refractivity contribution in [2.24, 2.45) is 0 Å². The lowest BCUT2D eigenvalue weighted by Gasteiger charge is -2.11. The summed E-state index contributed by atoms with van der Waals surface area (Å²) in [5.74, 6) is 0.884. The van der Waals surface area contributed by atoms with Crippen LogP contribution < -0.4 is 5.32 Å². The molecule has 0 radical (unpaired) electrons. The summed E-state index contributed by atoms with van der Waals surface area (Å²) >= 11 is 0. The van der Waals surface area contributed by atoms with Crippen LogP contribution in [0.3, 0.4) is 0 Å². The second kappa shape index (κ2) is 7.36. The van der Waals surface area contributed by atoms with E-state index in [1.807, 2.05) is 24.5 Å². The van der Waals surface area contributed by atoms with Gasteiger partial charge in [0.1, 0.15) is 11.6 Å². The Labute approximate surface area is 126 Å². The zero-order chi connectivity index (χ0) is 15.2. The number of nitrogens with one attached hydrogen (secondary N) is 1. The minimum Gasteiger partial charge on any atom is -0.335 e. The maximum absolute atomic E-state index is 13.8. The molecule has 114 valence electrons. The zero-order valence-corrected chi connectivity index (χ0v) is 13.1. The summed E-state index contributed by atoms with van der Waals surface area (Å²) in [5.41, 5.74) is 1.82. The standard InChI is InChI=1S/C17H24FN3/c1-4-8-21-9-7-19-17(21)11-14-5-6-16(18)15(10-14)12-20-13(2)3/h5-7,9-10,13,20H,4,8,11-12H2,1-3H3. The fourth-order valence-corrected chi connectivity index (χ4v) is 2.32. The number of nitrogens with zero attached hydrogens (tertiary/aromatic N) is 2. The summed E-state index contributed by atoms with van der Waals surface area (Å²) in [6, 6.07) is 5.69. The predicted octanol–water partition coefficient (Wildman–Crippen LogP) is 3.52. The molecule has 0 aliphatic carbocycles. The van der Waals surface area contributed by atoms with E-state index in [9.17, 15) is 4.39 Å². The summed E-state index contributed by atoms with van der Waals surface area (Å²) in [4.78, 5) is 4.41. The Morgan fingerprint density at radius 2 is 2.14 bits per heavy atom. The van der Waals surface area contributed by atoms with E-state index in [2.05, 4.69) is 35.6 Å². The first kappa shape index (κ1) is 15.7. The Hall–Kier alpha value is -1.68. The Bertz CT molecular complexity index is 575. The third kappa shape index (κ3) is 4.39. The highest BCUT2D eigenvalue weighted by Gasteiger charge is 2.08. The number of aryl methyl sites for hydroxylation is 1. The van der Waals surface area contributed by atoms with Gasteiger partial charge < -0.3 is 9.88 Å². The van der Waals surface area contributed by atoms with Gasteiger partial charge in [0, 0.05) is 43.5 Å². The Kier molecular flexibility index (Phi) is 5.51. The van der Waals surface area contributed by atoms with Crippen LogP contribution in [-0.4, -0.2) is 15.6 Å². The highest BCUT2D eigenvalue weighted by molar-refractivity contribution is 5.27. The molecule has 2 aromatic rings. The summed E-state index contributed by atoms with van der Waals surface area (Å²) in [6.45, 7) is 7.79. The molecule has 1 aromatic carbocycles. The molecule has 0 saturated heterocycles. The lowest BCUT2D eigenvalue weighted by molar-refractivity contribution is 0.552. The van der Waals surface area contributed by atoms with Crippen molar-refractivity contribution in [1.29, 1.82) is 0 Å². The van der Waals surface area contributed by atoms with E-state index in [0.29, 0.717) is 12.6 Å². The van der Waals surface area contributed by atoms with Crippen molar-refractivity contribution in [3.8, 4) is 0 Å². The Balaban J connectivity index is 2.13. The number of halogens is 1. The molecule has 0 fully saturated rings. The minimum absolute atomic E-state index is 0.149. The number of benzene rings is 1. The van der Waals surface area contributed by atoms with Crippen molar-refractivity contribution in [1.82, 2.24) is 14.9 Å². The SMILES string of the molecule is CCCn1ccnc1Cc1ccc(F)c(CNC(C)C)c1. The van der Waals surface area contributed by atoms with E-state index in [4.69, 9.17) is 0 Å². The lowest BCUT2D eigenvalue weighted by Crippen LogP contribution is -2.22. The summed E-state index contributed by atoms with van der Waals surface area (Å²) in [6.07, 6.45) is 5.65. The largest absolute Gasteiger partial charge is 0.335 e. The molecule has 21 heavy (non-hydrogen) atoms. The van der Waals surface area contributed by atoms with Crippen molar-refractivity contribution in [3.05, 3.63) is 53.4 Å². The molecule has 0 atom stereocenters. The Morgan fingerprint density at radius 1 is 1.33 bits per heavy atom. The average Bonchev–Trinajstić information content (AvgIpc) is 2.87. The number of aromatic nitrogens is 2. The molecule has 1 N–H and O–H groups in total. The Morgan fingerprint density at radius 3 is 2.86 bits per heavy atom. The zero-order valence-electron chi connectivity index (χ0n) is 13.1. The number of rotatable bonds is 7. The second-order valence-electron chi connectivity index (χ2n) is 5.68. The molecule has 1 heterocycles. The molecule has 2 rings (SSSR count). The average molecular weight is 289 g/mol. The number of imidazole rings is 1. The van der Waals surface area contributed by atoms with Crippen molar-refractivity contribution in [2.75, 3.05) is 0 Å². The lowest BCUT2D eigenvalue weighted by atomic mass is 10.1. The number of hydrogen-bond donors (Lipinski definition) is 1. The third-order valence-electron chi connectivity index (χ3n) is 3.44. The topological polar surface area (TPSA) is 29.9 Å². The van der Waals surface area contributed by atoms with Gasteiger partial charge in [0.15, 0.2) is 0 Å². The molecular weight excluding hydrogens is 265 g/mol. The number of hydrogen-bond acceptors (Lipinski definition) is 2. The van der Waals surface area contributed by atoms with E-state index in [1.54, 1.807) is 6.07 Å². The van der Waals surface area contributed by atoms with Gasteiger partial charge in [-0.25, -0.2) is 9.37 Å². The van der Waals surface area contributed by atoms with Crippen LogP contribution in [0.25, 0.3) is 0 Å². The van der Waals surface area contributed by atoms with Gasteiger partial charge in [-0.3, -0.25) is 0 Å². The molecular formula is C17H24FN3. The van der Waals surface area contributed by atoms with Gasteiger partial charge in [0.25, 0.3) is 0 Å². The van der Waals surface area contributed by atoms with Crippen LogP contribution in [0.15, 0.2) is 30.6 Å². The van der Waals surface area contributed by atoms with E-state index < -0.39 is 0 Å². The summed E-state index contributed by atoms with van der Waals surface area (Å²) < 4.78 is 16.0. The van der Waals surface area contributed by atoms with Crippen LogP contribution >= 0.6 is 0 Å².